The molecule has 0 aliphatic heterocycles. The maximum atomic E-state index is 11.8. The molecule has 0 aliphatic rings. The zero-order valence-corrected chi connectivity index (χ0v) is 4.45. The van der Waals surface area contributed by atoms with Gasteiger partial charge in [0.25, 0.3) is 5.91 Å². The van der Waals surface area contributed by atoms with Crippen molar-refractivity contribution in [3.05, 3.63) is 0 Å². The smallest absolute Gasteiger partial charge is 0.324 e. The summed E-state index contributed by atoms with van der Waals surface area (Å²) in [5.74, 6) is -4.88. The predicted molar refractivity (Wildman–Crippen MR) is 24.4 cm³/mol. The van der Waals surface area contributed by atoms with Crippen LogP contribution < -0.4 is 5.73 Å². The van der Waals surface area contributed by atoms with Crippen LogP contribution in [0.15, 0.2) is 0 Å². The van der Waals surface area contributed by atoms with Crippen molar-refractivity contribution in [1.29, 1.82) is 0 Å². The van der Waals surface area contributed by atoms with E-state index in [0.717, 1.165) is 0 Å². The van der Waals surface area contributed by atoms with Crippen molar-refractivity contribution in [2.24, 2.45) is 5.73 Å². The standard InChI is InChI=1S/C4H7F2NO/c1-2-4(5,6)3(7)8/h2H2,1H3,(H2,7,8). The van der Waals surface area contributed by atoms with Gasteiger partial charge in [0, 0.05) is 6.42 Å². The van der Waals surface area contributed by atoms with Crippen molar-refractivity contribution in [3.63, 3.8) is 0 Å². The maximum absolute atomic E-state index is 11.8. The predicted octanol–water partition coefficient (Wildman–Crippen LogP) is 0.517. The van der Waals surface area contributed by atoms with E-state index in [-0.39, 0.29) is 0 Å². The summed E-state index contributed by atoms with van der Waals surface area (Å²) in [7, 11) is 0. The molecule has 48 valence electrons. The molecule has 0 saturated carbocycles. The highest BCUT2D eigenvalue weighted by Crippen LogP contribution is 2.15. The molecule has 0 aliphatic carbocycles. The van der Waals surface area contributed by atoms with Crippen LogP contribution in [-0.4, -0.2) is 11.8 Å². The molecule has 2 nitrogen and oxygen atoms in total. The van der Waals surface area contributed by atoms with E-state index in [0.29, 0.717) is 0 Å². The molecular weight excluding hydrogens is 116 g/mol. The first kappa shape index (κ1) is 7.33. The summed E-state index contributed by atoms with van der Waals surface area (Å²) in [5, 5.41) is 0. The van der Waals surface area contributed by atoms with E-state index in [1.165, 1.54) is 6.92 Å². The summed E-state index contributed by atoms with van der Waals surface area (Å²) in [6, 6.07) is 0. The van der Waals surface area contributed by atoms with Crippen LogP contribution in [0, 0.1) is 0 Å². The van der Waals surface area contributed by atoms with Crippen LogP contribution in [0.4, 0.5) is 8.78 Å². The number of hydrogen-bond acceptors (Lipinski definition) is 1. The first-order valence-corrected chi connectivity index (χ1v) is 2.18. The fraction of sp³-hybridized carbons (Fsp3) is 0.750. The van der Waals surface area contributed by atoms with Crippen molar-refractivity contribution in [1.82, 2.24) is 0 Å². The van der Waals surface area contributed by atoms with Crippen LogP contribution in [0.5, 0.6) is 0 Å². The van der Waals surface area contributed by atoms with Crippen LogP contribution >= 0.6 is 0 Å². The van der Waals surface area contributed by atoms with Gasteiger partial charge in [-0.15, -0.1) is 0 Å². The molecule has 0 unspecified atom stereocenters. The third kappa shape index (κ3) is 1.44. The van der Waals surface area contributed by atoms with Crippen LogP contribution in [0.25, 0.3) is 0 Å². The summed E-state index contributed by atoms with van der Waals surface area (Å²) in [6.45, 7) is 1.20. The third-order valence-electron chi connectivity index (χ3n) is 0.805. The Balaban J connectivity index is 3.91. The molecule has 0 rings (SSSR count). The molecule has 1 amide bonds. The second-order valence-corrected chi connectivity index (χ2v) is 1.42. The van der Waals surface area contributed by atoms with E-state index < -0.39 is 18.3 Å². The molecule has 0 bridgehead atoms. The Morgan fingerprint density at radius 3 is 2.12 bits per heavy atom. The lowest BCUT2D eigenvalue weighted by molar-refractivity contribution is -0.142. The molecule has 8 heavy (non-hydrogen) atoms. The highest BCUT2D eigenvalue weighted by atomic mass is 19.3. The molecular formula is C4H7F2NO. The number of hydrogen-bond donors (Lipinski definition) is 1. The molecule has 0 heterocycles. The number of rotatable bonds is 2. The van der Waals surface area contributed by atoms with Crippen LogP contribution in [0.3, 0.4) is 0 Å². The Kier molecular flexibility index (Phi) is 1.89. The maximum Gasteiger partial charge on any atom is 0.324 e. The average Bonchev–Trinajstić information content (AvgIpc) is 1.67. The highest BCUT2D eigenvalue weighted by molar-refractivity contribution is 5.81. The largest absolute Gasteiger partial charge is 0.364 e. The molecule has 0 atom stereocenters. The van der Waals surface area contributed by atoms with Gasteiger partial charge in [0.15, 0.2) is 0 Å². The SMILES string of the molecule is CCC(F)(F)C(N)=O. The third-order valence-corrected chi connectivity index (χ3v) is 0.805. The van der Waals surface area contributed by atoms with Crippen molar-refractivity contribution in [2.75, 3.05) is 0 Å². The van der Waals surface area contributed by atoms with Gasteiger partial charge in [0.1, 0.15) is 0 Å². The van der Waals surface area contributed by atoms with Crippen LogP contribution in [-0.2, 0) is 4.79 Å². The van der Waals surface area contributed by atoms with Gasteiger partial charge in [-0.2, -0.15) is 8.78 Å². The Bertz CT molecular complexity index is 102. The number of alkyl halides is 2. The fourth-order valence-corrected chi connectivity index (χ4v) is 0.174. The Labute approximate surface area is 45.7 Å². The quantitative estimate of drug-likeness (QED) is 0.571. The van der Waals surface area contributed by atoms with Gasteiger partial charge in [-0.3, -0.25) is 4.79 Å². The lowest BCUT2D eigenvalue weighted by atomic mass is 10.2. The second kappa shape index (κ2) is 2.07. The minimum Gasteiger partial charge on any atom is -0.364 e. The van der Waals surface area contributed by atoms with E-state index in [1.54, 1.807) is 0 Å². The monoisotopic (exact) mass is 123 g/mol. The lowest BCUT2D eigenvalue weighted by Gasteiger charge is -2.06. The normalized spacial score (nSPS) is 11.4. The van der Waals surface area contributed by atoms with Crippen molar-refractivity contribution in [3.8, 4) is 0 Å². The number of halogens is 2. The molecule has 0 aromatic heterocycles. The number of nitrogens with two attached hydrogens (primary N) is 1. The van der Waals surface area contributed by atoms with Gasteiger partial charge < -0.3 is 5.73 Å². The summed E-state index contributed by atoms with van der Waals surface area (Å²) >= 11 is 0. The molecule has 0 aromatic rings. The van der Waals surface area contributed by atoms with E-state index in [1.807, 2.05) is 0 Å². The first-order chi connectivity index (χ1) is 3.50. The number of carbonyl (C=O) groups excluding carboxylic acids is 1. The first-order valence-electron chi connectivity index (χ1n) is 2.18. The second-order valence-electron chi connectivity index (χ2n) is 1.42. The van der Waals surface area contributed by atoms with E-state index in [2.05, 4.69) is 5.73 Å². The number of primary amides is 1. The highest BCUT2D eigenvalue weighted by Gasteiger charge is 2.33. The molecule has 0 radical (unpaired) electrons. The zero-order valence-electron chi connectivity index (χ0n) is 4.45. The Hall–Kier alpha value is -0.670. The van der Waals surface area contributed by atoms with Gasteiger partial charge >= 0.3 is 5.92 Å². The van der Waals surface area contributed by atoms with E-state index in [4.69, 9.17) is 0 Å². The van der Waals surface area contributed by atoms with E-state index in [9.17, 15) is 13.6 Å². The van der Waals surface area contributed by atoms with Gasteiger partial charge in [0.05, 0.1) is 0 Å². The van der Waals surface area contributed by atoms with Crippen molar-refractivity contribution >= 4 is 5.91 Å². The molecule has 0 aromatic carbocycles. The van der Waals surface area contributed by atoms with Gasteiger partial charge in [-0.1, -0.05) is 6.92 Å². The molecule has 2 N–H and O–H groups in total. The van der Waals surface area contributed by atoms with Gasteiger partial charge in [-0.25, -0.2) is 0 Å². The van der Waals surface area contributed by atoms with Crippen molar-refractivity contribution in [2.45, 2.75) is 19.3 Å². The zero-order chi connectivity index (χ0) is 6.78. The molecule has 0 fully saturated rings. The van der Waals surface area contributed by atoms with Gasteiger partial charge in [0.2, 0.25) is 0 Å². The summed E-state index contributed by atoms with van der Waals surface area (Å²) < 4.78 is 23.6. The van der Waals surface area contributed by atoms with Crippen molar-refractivity contribution < 1.29 is 13.6 Å². The van der Waals surface area contributed by atoms with Gasteiger partial charge in [-0.05, 0) is 0 Å². The Morgan fingerprint density at radius 1 is 1.75 bits per heavy atom. The summed E-state index contributed by atoms with van der Waals surface area (Å²) in [5.41, 5.74) is 4.29. The summed E-state index contributed by atoms with van der Waals surface area (Å²) in [4.78, 5) is 9.72. The number of carbonyl (C=O) groups is 1. The number of amides is 1. The summed E-state index contributed by atoms with van der Waals surface area (Å²) in [6.07, 6.45) is -0.525. The average molecular weight is 123 g/mol. The minimum atomic E-state index is -3.32. The minimum absolute atomic E-state index is 0.525. The van der Waals surface area contributed by atoms with E-state index >= 15 is 0 Å². The molecule has 4 heteroatoms. The lowest BCUT2D eigenvalue weighted by Crippen LogP contribution is -2.34. The Morgan fingerprint density at radius 2 is 2.12 bits per heavy atom. The topological polar surface area (TPSA) is 43.1 Å². The van der Waals surface area contributed by atoms with Crippen LogP contribution in [0.1, 0.15) is 13.3 Å². The molecule has 0 spiro atoms. The van der Waals surface area contributed by atoms with Crippen LogP contribution in [0.2, 0.25) is 0 Å². The molecule has 0 saturated heterocycles. The fourth-order valence-electron chi connectivity index (χ4n) is 0.174.